The monoisotopic (exact) mass is 520 g/mol. The summed E-state index contributed by atoms with van der Waals surface area (Å²) < 4.78 is 5.29. The van der Waals surface area contributed by atoms with Gasteiger partial charge in [0.1, 0.15) is 0 Å². The largest absolute Gasteiger partial charge is 0.357 e. The Kier molecular flexibility index (Phi) is 10.3. The first-order valence-corrected chi connectivity index (χ1v) is 10.1. The van der Waals surface area contributed by atoms with Gasteiger partial charge in [0, 0.05) is 49.9 Å². The number of hydrogen-bond donors (Lipinski definition) is 2. The highest BCUT2D eigenvalue weighted by Crippen LogP contribution is 2.18. The normalized spacial score (nSPS) is 11.1. The van der Waals surface area contributed by atoms with Gasteiger partial charge in [0.25, 0.3) is 5.89 Å². The van der Waals surface area contributed by atoms with Crippen molar-refractivity contribution in [1.29, 1.82) is 0 Å². The van der Waals surface area contributed by atoms with Crippen molar-refractivity contribution < 1.29 is 4.52 Å². The highest BCUT2D eigenvalue weighted by Gasteiger charge is 2.07. The van der Waals surface area contributed by atoms with E-state index in [4.69, 9.17) is 4.52 Å². The van der Waals surface area contributed by atoms with Crippen molar-refractivity contribution in [3.05, 3.63) is 65.7 Å². The van der Waals surface area contributed by atoms with Crippen molar-refractivity contribution in [2.24, 2.45) is 4.99 Å². The predicted octanol–water partition coefficient (Wildman–Crippen LogP) is 3.65. The Hall–Kier alpha value is -2.49. The summed E-state index contributed by atoms with van der Waals surface area (Å²) in [7, 11) is 0. The van der Waals surface area contributed by atoms with Gasteiger partial charge in [-0.05, 0) is 43.2 Å². The Morgan fingerprint density at radius 1 is 1.03 bits per heavy atom. The summed E-state index contributed by atoms with van der Waals surface area (Å²) >= 11 is 0. The van der Waals surface area contributed by atoms with Crippen LogP contribution in [-0.2, 0) is 19.3 Å². The van der Waals surface area contributed by atoms with Gasteiger partial charge in [0.2, 0.25) is 0 Å². The van der Waals surface area contributed by atoms with Crippen molar-refractivity contribution in [3.63, 3.8) is 0 Å². The Bertz CT molecular complexity index is 896. The Balaban J connectivity index is 0.00000320. The second kappa shape index (κ2) is 12.9. The van der Waals surface area contributed by atoms with Gasteiger partial charge in [0.05, 0.1) is 0 Å². The van der Waals surface area contributed by atoms with Crippen LogP contribution >= 0.6 is 24.0 Å². The lowest BCUT2D eigenvalue weighted by Gasteiger charge is -2.11. The van der Waals surface area contributed by atoms with Gasteiger partial charge in [-0.3, -0.25) is 9.98 Å². The second-order valence-corrected chi connectivity index (χ2v) is 6.57. The highest BCUT2D eigenvalue weighted by atomic mass is 127. The van der Waals surface area contributed by atoms with Gasteiger partial charge in [-0.2, -0.15) is 4.98 Å². The molecule has 0 radical (unpaired) electrons. The van der Waals surface area contributed by atoms with Crippen LogP contribution in [0, 0.1) is 0 Å². The number of rotatable bonds is 9. The summed E-state index contributed by atoms with van der Waals surface area (Å²) in [4.78, 5) is 13.3. The maximum atomic E-state index is 5.29. The van der Waals surface area contributed by atoms with Crippen molar-refractivity contribution in [1.82, 2.24) is 25.8 Å². The van der Waals surface area contributed by atoms with Crippen LogP contribution in [-0.4, -0.2) is 40.7 Å². The standard InChI is InChI=1S/C22H28N6O.HI/c1-3-20-27-21(29-28-20)18-10-8-17(9-11-18)12-15-25-22(23-4-2)26-16-13-19-7-5-6-14-24-19;/h5-11,14H,3-4,12-13,15-16H2,1-2H3,(H2,23,25,26);1H. The lowest BCUT2D eigenvalue weighted by atomic mass is 10.1. The summed E-state index contributed by atoms with van der Waals surface area (Å²) in [5.41, 5.74) is 3.23. The van der Waals surface area contributed by atoms with Crippen molar-refractivity contribution in [3.8, 4) is 11.5 Å². The Morgan fingerprint density at radius 3 is 2.53 bits per heavy atom. The molecule has 0 aliphatic rings. The maximum absolute atomic E-state index is 5.29. The predicted molar refractivity (Wildman–Crippen MR) is 130 cm³/mol. The number of nitrogens with zero attached hydrogens (tertiary/aromatic N) is 4. The Morgan fingerprint density at radius 2 is 1.87 bits per heavy atom. The SMILES string of the molecule is CCNC(=NCCc1ccccn1)NCCc1ccc(-c2nc(CC)no2)cc1.I. The van der Waals surface area contributed by atoms with Crippen LogP contribution in [0.2, 0.25) is 0 Å². The number of aryl methyl sites for hydroxylation is 1. The number of pyridine rings is 1. The molecular formula is C22H29IN6O. The fourth-order valence-electron chi connectivity index (χ4n) is 2.82. The molecule has 7 nitrogen and oxygen atoms in total. The summed E-state index contributed by atoms with van der Waals surface area (Å²) in [6.45, 7) is 6.40. The first kappa shape index (κ1) is 23.8. The lowest BCUT2D eigenvalue weighted by molar-refractivity contribution is 0.423. The molecule has 3 aromatic rings. The minimum Gasteiger partial charge on any atom is -0.357 e. The number of nitrogens with one attached hydrogen (secondary N) is 2. The molecule has 160 valence electrons. The molecule has 0 saturated heterocycles. The average molecular weight is 520 g/mol. The van der Waals surface area contributed by atoms with E-state index in [0.29, 0.717) is 12.4 Å². The molecule has 2 N–H and O–H groups in total. The summed E-state index contributed by atoms with van der Waals surface area (Å²) in [6, 6.07) is 14.2. The van der Waals surface area contributed by atoms with E-state index in [1.54, 1.807) is 0 Å². The average Bonchev–Trinajstić information content (AvgIpc) is 3.24. The number of aliphatic imine (C=N–C) groups is 1. The van der Waals surface area contributed by atoms with E-state index < -0.39 is 0 Å². The minimum absolute atomic E-state index is 0. The molecule has 0 amide bonds. The first-order chi connectivity index (χ1) is 14.3. The van der Waals surface area contributed by atoms with E-state index in [1.165, 1.54) is 5.56 Å². The second-order valence-electron chi connectivity index (χ2n) is 6.57. The van der Waals surface area contributed by atoms with Gasteiger partial charge in [-0.15, -0.1) is 24.0 Å². The van der Waals surface area contributed by atoms with Crippen molar-refractivity contribution in [2.75, 3.05) is 19.6 Å². The minimum atomic E-state index is 0. The molecular weight excluding hydrogens is 491 g/mol. The summed E-state index contributed by atoms with van der Waals surface area (Å²) in [6.07, 6.45) is 4.31. The van der Waals surface area contributed by atoms with Crippen molar-refractivity contribution in [2.45, 2.75) is 33.1 Å². The van der Waals surface area contributed by atoms with Crippen LogP contribution < -0.4 is 10.6 Å². The van der Waals surface area contributed by atoms with Gasteiger partial charge in [-0.1, -0.05) is 30.3 Å². The molecule has 0 fully saturated rings. The van der Waals surface area contributed by atoms with E-state index in [9.17, 15) is 0 Å². The van der Waals surface area contributed by atoms with E-state index in [0.717, 1.165) is 55.4 Å². The third kappa shape index (κ3) is 7.40. The zero-order valence-electron chi connectivity index (χ0n) is 17.5. The van der Waals surface area contributed by atoms with E-state index in [-0.39, 0.29) is 24.0 Å². The third-order valence-corrected chi connectivity index (χ3v) is 4.40. The summed E-state index contributed by atoms with van der Waals surface area (Å²) in [5.74, 6) is 2.13. The molecule has 2 heterocycles. The molecule has 0 aliphatic carbocycles. The quantitative estimate of drug-likeness (QED) is 0.255. The lowest BCUT2D eigenvalue weighted by Crippen LogP contribution is -2.38. The van der Waals surface area contributed by atoms with E-state index >= 15 is 0 Å². The zero-order chi connectivity index (χ0) is 20.3. The number of hydrogen-bond acceptors (Lipinski definition) is 5. The molecule has 0 saturated carbocycles. The topological polar surface area (TPSA) is 88.2 Å². The van der Waals surface area contributed by atoms with Gasteiger partial charge in [0.15, 0.2) is 11.8 Å². The third-order valence-electron chi connectivity index (χ3n) is 4.40. The number of aromatic nitrogens is 3. The molecule has 2 aromatic heterocycles. The van der Waals surface area contributed by atoms with Crippen LogP contribution in [0.5, 0.6) is 0 Å². The van der Waals surface area contributed by atoms with Crippen LogP contribution in [0.3, 0.4) is 0 Å². The number of halogens is 1. The van der Waals surface area contributed by atoms with Gasteiger partial charge in [-0.25, -0.2) is 0 Å². The maximum Gasteiger partial charge on any atom is 0.257 e. The smallest absolute Gasteiger partial charge is 0.257 e. The number of benzene rings is 1. The number of guanidine groups is 1. The molecule has 30 heavy (non-hydrogen) atoms. The molecule has 0 atom stereocenters. The van der Waals surface area contributed by atoms with Gasteiger partial charge >= 0.3 is 0 Å². The molecule has 3 rings (SSSR count). The molecule has 0 bridgehead atoms. The Labute approximate surface area is 194 Å². The molecule has 1 aromatic carbocycles. The van der Waals surface area contributed by atoms with Gasteiger partial charge < -0.3 is 15.2 Å². The van der Waals surface area contributed by atoms with Crippen LogP contribution in [0.25, 0.3) is 11.5 Å². The van der Waals surface area contributed by atoms with E-state index in [2.05, 4.69) is 49.8 Å². The van der Waals surface area contributed by atoms with Crippen LogP contribution in [0.4, 0.5) is 0 Å². The molecule has 8 heteroatoms. The van der Waals surface area contributed by atoms with Crippen molar-refractivity contribution >= 4 is 29.9 Å². The van der Waals surface area contributed by atoms with Crippen LogP contribution in [0.1, 0.15) is 30.9 Å². The first-order valence-electron chi connectivity index (χ1n) is 10.1. The molecule has 0 unspecified atom stereocenters. The zero-order valence-corrected chi connectivity index (χ0v) is 19.8. The molecule has 0 spiro atoms. The fraction of sp³-hybridized carbons (Fsp3) is 0.364. The summed E-state index contributed by atoms with van der Waals surface area (Å²) in [5, 5.41) is 10.6. The highest BCUT2D eigenvalue weighted by molar-refractivity contribution is 14.0. The van der Waals surface area contributed by atoms with Crippen LogP contribution in [0.15, 0.2) is 58.2 Å². The fourth-order valence-corrected chi connectivity index (χ4v) is 2.82. The molecule has 0 aliphatic heterocycles. The van der Waals surface area contributed by atoms with E-state index in [1.807, 2.05) is 43.5 Å².